The average Bonchev–Trinajstić information content (AvgIpc) is 3.08. The Morgan fingerprint density at radius 2 is 1.72 bits per heavy atom. The molecular weight excluding hydrogens is 447 g/mol. The molecule has 0 saturated heterocycles. The molecule has 1 aliphatic rings. The highest BCUT2D eigenvalue weighted by Crippen LogP contribution is 2.38. The molecule has 0 bridgehead atoms. The maximum absolute atomic E-state index is 13.5. The monoisotopic (exact) mass is 464 g/mol. The largest absolute Gasteiger partial charge is 0.276 e. The molecule has 0 saturated carbocycles. The van der Waals surface area contributed by atoms with Gasteiger partial charge < -0.3 is 0 Å². The molecule has 1 aliphatic heterocycles. The number of aryl methyl sites for hydroxylation is 1. The summed E-state index contributed by atoms with van der Waals surface area (Å²) in [6.07, 6.45) is 3.46. The van der Waals surface area contributed by atoms with Crippen LogP contribution in [0.2, 0.25) is 10.0 Å². The Balaban J connectivity index is 1.89. The Bertz CT molecular complexity index is 1310. The lowest BCUT2D eigenvalue weighted by molar-refractivity contribution is -0.385. The van der Waals surface area contributed by atoms with E-state index in [0.29, 0.717) is 38.1 Å². The number of hydrogen-bond donors (Lipinski definition) is 0. The Hall–Kier alpha value is -3.41. The van der Waals surface area contributed by atoms with Crippen molar-refractivity contribution in [2.45, 2.75) is 13.8 Å². The van der Waals surface area contributed by atoms with Gasteiger partial charge in [-0.3, -0.25) is 19.8 Å². The predicted molar refractivity (Wildman–Crippen MR) is 129 cm³/mol. The Kier molecular flexibility index (Phi) is 5.87. The van der Waals surface area contributed by atoms with Crippen LogP contribution in [-0.2, 0) is 4.79 Å². The normalized spacial score (nSPS) is 14.8. The maximum atomic E-state index is 13.5. The van der Waals surface area contributed by atoms with Gasteiger partial charge in [-0.2, -0.15) is 0 Å². The first kappa shape index (κ1) is 21.8. The molecule has 0 unspecified atom stereocenters. The summed E-state index contributed by atoms with van der Waals surface area (Å²) in [6.45, 7) is 3.49. The molecule has 3 aromatic carbocycles. The van der Waals surface area contributed by atoms with Gasteiger partial charge in [0.15, 0.2) is 0 Å². The molecule has 0 N–H and O–H groups in total. The van der Waals surface area contributed by atoms with Gasteiger partial charge in [0.25, 0.3) is 11.6 Å². The zero-order valence-corrected chi connectivity index (χ0v) is 18.8. The number of benzene rings is 3. The van der Waals surface area contributed by atoms with Crippen LogP contribution in [0, 0.1) is 24.0 Å². The van der Waals surface area contributed by atoms with Crippen LogP contribution in [0.3, 0.4) is 0 Å². The van der Waals surface area contributed by atoms with Gasteiger partial charge in [-0.1, -0.05) is 59.6 Å². The number of amides is 1. The lowest BCUT2D eigenvalue weighted by Gasteiger charge is -2.22. The molecule has 3 aromatic rings. The molecule has 0 fully saturated rings. The summed E-state index contributed by atoms with van der Waals surface area (Å²) >= 11 is 12.3. The van der Waals surface area contributed by atoms with Crippen molar-refractivity contribution in [3.8, 4) is 0 Å². The van der Waals surface area contributed by atoms with Crippen LogP contribution in [0.4, 0.5) is 11.4 Å². The summed E-state index contributed by atoms with van der Waals surface area (Å²) in [4.78, 5) is 26.2. The molecule has 32 heavy (non-hydrogen) atoms. The molecule has 5 nitrogen and oxygen atoms in total. The van der Waals surface area contributed by atoms with E-state index in [1.165, 1.54) is 11.0 Å². The van der Waals surface area contributed by atoms with Gasteiger partial charge in [-0.25, -0.2) is 0 Å². The second-order valence-corrected chi connectivity index (χ2v) is 8.31. The fourth-order valence-corrected chi connectivity index (χ4v) is 4.08. The number of rotatable bonds is 4. The molecule has 7 heteroatoms. The van der Waals surface area contributed by atoms with Crippen LogP contribution in [0.25, 0.3) is 11.8 Å². The second kappa shape index (κ2) is 8.61. The van der Waals surface area contributed by atoms with Crippen molar-refractivity contribution >= 4 is 52.3 Å². The fraction of sp³-hybridized carbons (Fsp3) is 0.0800. The number of carbonyl (C=O) groups excluding carboxylic acids is 1. The second-order valence-electron chi connectivity index (χ2n) is 7.47. The first-order valence-electron chi connectivity index (χ1n) is 9.80. The van der Waals surface area contributed by atoms with Gasteiger partial charge in [-0.15, -0.1) is 0 Å². The van der Waals surface area contributed by atoms with Crippen molar-refractivity contribution < 1.29 is 9.72 Å². The van der Waals surface area contributed by atoms with Crippen molar-refractivity contribution in [3.63, 3.8) is 0 Å². The Morgan fingerprint density at radius 1 is 1.00 bits per heavy atom. The molecule has 0 aliphatic carbocycles. The van der Waals surface area contributed by atoms with E-state index in [4.69, 9.17) is 23.2 Å². The summed E-state index contributed by atoms with van der Waals surface area (Å²) in [7, 11) is 0. The predicted octanol–water partition coefficient (Wildman–Crippen LogP) is 6.99. The number of hydrogen-bond acceptors (Lipinski definition) is 3. The first-order chi connectivity index (χ1) is 15.3. The Labute approximate surface area is 195 Å². The third kappa shape index (κ3) is 4.05. The van der Waals surface area contributed by atoms with Gasteiger partial charge in [-0.05, 0) is 60.9 Å². The maximum Gasteiger partial charge on any atom is 0.274 e. The van der Waals surface area contributed by atoms with Gasteiger partial charge in [0, 0.05) is 27.2 Å². The molecule has 160 valence electrons. The summed E-state index contributed by atoms with van der Waals surface area (Å²) < 4.78 is 0. The third-order valence-corrected chi connectivity index (χ3v) is 5.97. The molecule has 0 atom stereocenters. The molecule has 1 amide bonds. The van der Waals surface area contributed by atoms with Crippen molar-refractivity contribution in [1.82, 2.24) is 0 Å². The molecule has 0 aromatic heterocycles. The van der Waals surface area contributed by atoms with Crippen LogP contribution in [0.15, 0.2) is 72.3 Å². The lowest BCUT2D eigenvalue weighted by Crippen LogP contribution is -2.25. The average molecular weight is 465 g/mol. The number of anilines is 1. The first-order valence-corrected chi connectivity index (χ1v) is 10.6. The highest BCUT2D eigenvalue weighted by molar-refractivity contribution is 6.35. The van der Waals surface area contributed by atoms with Crippen molar-refractivity contribution in [2.24, 2.45) is 0 Å². The minimum absolute atomic E-state index is 0.0293. The molecule has 4 rings (SSSR count). The number of nitrogens with zero attached hydrogens (tertiary/aromatic N) is 2. The van der Waals surface area contributed by atoms with E-state index in [0.717, 1.165) is 11.1 Å². The van der Waals surface area contributed by atoms with Crippen LogP contribution in [-0.4, -0.2) is 10.8 Å². The minimum atomic E-state index is -0.428. The van der Waals surface area contributed by atoms with E-state index in [2.05, 4.69) is 0 Å². The van der Waals surface area contributed by atoms with Gasteiger partial charge in [0.2, 0.25) is 0 Å². The minimum Gasteiger partial charge on any atom is -0.276 e. The van der Waals surface area contributed by atoms with Crippen LogP contribution in [0.1, 0.15) is 22.3 Å². The fourth-order valence-electron chi connectivity index (χ4n) is 3.62. The zero-order valence-electron chi connectivity index (χ0n) is 17.3. The highest BCUT2D eigenvalue weighted by atomic mass is 35.5. The van der Waals surface area contributed by atoms with Gasteiger partial charge in [0.1, 0.15) is 0 Å². The standard InChI is InChI=1S/C25H18Cl2N2O3/c1-15-10-21(14-23(16(15)2)29(31)32)28-24(17-6-4-3-5-7-17)12-19(25(28)30)11-18-8-9-20(26)13-22(18)27/h3-14H,1-2H3/b19-11+. The van der Waals surface area contributed by atoms with Crippen LogP contribution in [0.5, 0.6) is 0 Å². The van der Waals surface area contributed by atoms with Crippen molar-refractivity contribution in [2.75, 3.05) is 4.90 Å². The van der Waals surface area contributed by atoms with Gasteiger partial charge in [0.05, 0.1) is 16.3 Å². The van der Waals surface area contributed by atoms with Crippen molar-refractivity contribution in [3.05, 3.63) is 115 Å². The SMILES string of the molecule is Cc1cc(N2C(=O)/C(=C/c3ccc(Cl)cc3Cl)C=C2c2ccccc2)cc([N+](=O)[O-])c1C. The highest BCUT2D eigenvalue weighted by Gasteiger charge is 2.32. The number of halogens is 2. The number of nitro groups is 1. The molecule has 0 radical (unpaired) electrons. The Morgan fingerprint density at radius 3 is 2.38 bits per heavy atom. The van der Waals surface area contributed by atoms with Gasteiger partial charge >= 0.3 is 0 Å². The zero-order chi connectivity index (χ0) is 23.0. The molecule has 1 heterocycles. The number of carbonyl (C=O) groups is 1. The van der Waals surface area contributed by atoms with Crippen molar-refractivity contribution in [1.29, 1.82) is 0 Å². The van der Waals surface area contributed by atoms with Crippen LogP contribution >= 0.6 is 23.2 Å². The van der Waals surface area contributed by atoms with E-state index in [9.17, 15) is 14.9 Å². The summed E-state index contributed by atoms with van der Waals surface area (Å²) in [5.41, 5.74) is 4.21. The van der Waals surface area contributed by atoms with E-state index < -0.39 is 4.92 Å². The number of nitro benzene ring substituents is 1. The quantitative estimate of drug-likeness (QED) is 0.237. The van der Waals surface area contributed by atoms with E-state index in [1.807, 2.05) is 30.3 Å². The van der Waals surface area contributed by atoms with Crippen LogP contribution < -0.4 is 4.90 Å². The lowest BCUT2D eigenvalue weighted by atomic mass is 10.1. The molecule has 0 spiro atoms. The van der Waals surface area contributed by atoms with E-state index in [-0.39, 0.29) is 11.6 Å². The summed E-state index contributed by atoms with van der Waals surface area (Å²) in [6, 6.07) is 17.7. The van der Waals surface area contributed by atoms with E-state index in [1.54, 1.807) is 50.3 Å². The summed E-state index contributed by atoms with van der Waals surface area (Å²) in [5.74, 6) is -0.299. The topological polar surface area (TPSA) is 63.5 Å². The third-order valence-electron chi connectivity index (χ3n) is 5.41. The molecular formula is C25H18Cl2N2O3. The smallest absolute Gasteiger partial charge is 0.274 e. The van der Waals surface area contributed by atoms with E-state index >= 15 is 0 Å². The summed E-state index contributed by atoms with van der Waals surface area (Å²) in [5, 5.41) is 12.5.